The number of rotatable bonds is 4. The van der Waals surface area contributed by atoms with Crippen molar-refractivity contribution in [2.75, 3.05) is 5.73 Å². The standard InChI is InChI=1S/C12H17N5OS/c1-7-4-15-11(19-7)5-14-10(18)6-17-9(3)12(13)8(2)16-17/h4H,5-6,13H2,1-3H3,(H,14,18). The third kappa shape index (κ3) is 3.11. The Hall–Kier alpha value is -1.89. The number of anilines is 1. The van der Waals surface area contributed by atoms with Gasteiger partial charge in [0.25, 0.3) is 0 Å². The molecule has 0 bridgehead atoms. The molecule has 1 amide bonds. The number of nitrogens with two attached hydrogens (primary N) is 1. The van der Waals surface area contributed by atoms with Gasteiger partial charge in [-0.3, -0.25) is 9.48 Å². The van der Waals surface area contributed by atoms with Crippen LogP contribution in [0.1, 0.15) is 21.3 Å². The first-order chi connectivity index (χ1) is 8.97. The second-order valence-electron chi connectivity index (χ2n) is 4.38. The highest BCUT2D eigenvalue weighted by Crippen LogP contribution is 2.14. The first kappa shape index (κ1) is 13.5. The van der Waals surface area contributed by atoms with Crippen LogP contribution in [0.4, 0.5) is 5.69 Å². The Balaban J connectivity index is 1.92. The fourth-order valence-corrected chi connectivity index (χ4v) is 2.44. The Morgan fingerprint density at radius 3 is 2.74 bits per heavy atom. The molecule has 0 saturated carbocycles. The highest BCUT2D eigenvalue weighted by Gasteiger charge is 2.11. The SMILES string of the molecule is Cc1cnc(CNC(=O)Cn2nc(C)c(N)c2C)s1. The summed E-state index contributed by atoms with van der Waals surface area (Å²) >= 11 is 1.58. The minimum absolute atomic E-state index is 0.0987. The average molecular weight is 279 g/mol. The molecule has 0 aliphatic carbocycles. The van der Waals surface area contributed by atoms with Gasteiger partial charge in [0.2, 0.25) is 5.91 Å². The van der Waals surface area contributed by atoms with Gasteiger partial charge >= 0.3 is 0 Å². The maximum Gasteiger partial charge on any atom is 0.242 e. The Morgan fingerprint density at radius 2 is 2.21 bits per heavy atom. The molecule has 0 aliphatic rings. The van der Waals surface area contributed by atoms with Crippen molar-refractivity contribution in [3.05, 3.63) is 27.5 Å². The minimum atomic E-state index is -0.0987. The predicted molar refractivity (Wildman–Crippen MR) is 74.8 cm³/mol. The number of aryl methyl sites for hydroxylation is 2. The van der Waals surface area contributed by atoms with Crippen LogP contribution in [0.5, 0.6) is 0 Å². The number of carbonyl (C=O) groups excluding carboxylic acids is 1. The zero-order chi connectivity index (χ0) is 14.0. The van der Waals surface area contributed by atoms with Gasteiger partial charge in [-0.25, -0.2) is 4.98 Å². The largest absolute Gasteiger partial charge is 0.396 e. The second kappa shape index (κ2) is 5.40. The van der Waals surface area contributed by atoms with Crippen LogP contribution in [-0.2, 0) is 17.9 Å². The van der Waals surface area contributed by atoms with Crippen molar-refractivity contribution in [1.82, 2.24) is 20.1 Å². The number of hydrogen-bond donors (Lipinski definition) is 2. The maximum absolute atomic E-state index is 11.8. The quantitative estimate of drug-likeness (QED) is 0.879. The topological polar surface area (TPSA) is 85.8 Å². The van der Waals surface area contributed by atoms with Crippen LogP contribution in [0.25, 0.3) is 0 Å². The van der Waals surface area contributed by atoms with Crippen LogP contribution >= 0.6 is 11.3 Å². The molecule has 0 unspecified atom stereocenters. The Morgan fingerprint density at radius 1 is 1.47 bits per heavy atom. The Bertz CT molecular complexity index is 601. The van der Waals surface area contributed by atoms with Crippen LogP contribution in [0, 0.1) is 20.8 Å². The number of nitrogens with one attached hydrogen (secondary N) is 1. The molecule has 0 atom stereocenters. The molecule has 2 aromatic rings. The summed E-state index contributed by atoms with van der Waals surface area (Å²) in [5.74, 6) is -0.0987. The van der Waals surface area contributed by atoms with Gasteiger partial charge in [0.05, 0.1) is 23.6 Å². The molecule has 6 nitrogen and oxygen atoms in total. The third-order valence-electron chi connectivity index (χ3n) is 2.84. The van der Waals surface area contributed by atoms with E-state index in [-0.39, 0.29) is 12.5 Å². The van der Waals surface area contributed by atoms with Gasteiger partial charge < -0.3 is 11.1 Å². The van der Waals surface area contributed by atoms with E-state index in [1.807, 2.05) is 20.8 Å². The average Bonchev–Trinajstić information content (AvgIpc) is 2.88. The third-order valence-corrected chi connectivity index (χ3v) is 3.75. The van der Waals surface area contributed by atoms with E-state index in [4.69, 9.17) is 5.73 Å². The normalized spacial score (nSPS) is 10.7. The van der Waals surface area contributed by atoms with Gasteiger partial charge in [-0.1, -0.05) is 0 Å². The van der Waals surface area contributed by atoms with Crippen molar-refractivity contribution in [3.8, 4) is 0 Å². The van der Waals surface area contributed by atoms with Crippen molar-refractivity contribution >= 4 is 22.9 Å². The molecule has 19 heavy (non-hydrogen) atoms. The van der Waals surface area contributed by atoms with E-state index in [9.17, 15) is 4.79 Å². The summed E-state index contributed by atoms with van der Waals surface area (Å²) in [6, 6.07) is 0. The number of carbonyl (C=O) groups is 1. The lowest BCUT2D eigenvalue weighted by atomic mass is 10.3. The highest BCUT2D eigenvalue weighted by atomic mass is 32.1. The summed E-state index contributed by atoms with van der Waals surface area (Å²) in [6.45, 7) is 6.30. The van der Waals surface area contributed by atoms with Crippen molar-refractivity contribution < 1.29 is 4.79 Å². The van der Waals surface area contributed by atoms with E-state index in [0.717, 1.165) is 21.3 Å². The van der Waals surface area contributed by atoms with Gasteiger partial charge in [-0.05, 0) is 20.8 Å². The second-order valence-corrected chi connectivity index (χ2v) is 5.70. The van der Waals surface area contributed by atoms with E-state index in [1.165, 1.54) is 0 Å². The summed E-state index contributed by atoms with van der Waals surface area (Å²) < 4.78 is 1.62. The fourth-order valence-electron chi connectivity index (χ4n) is 1.71. The highest BCUT2D eigenvalue weighted by molar-refractivity contribution is 7.11. The molecule has 3 N–H and O–H groups in total. The first-order valence-electron chi connectivity index (χ1n) is 5.95. The molecule has 0 aliphatic heterocycles. The molecular formula is C12H17N5OS. The fraction of sp³-hybridized carbons (Fsp3) is 0.417. The van der Waals surface area contributed by atoms with Crippen LogP contribution in [-0.4, -0.2) is 20.7 Å². The molecule has 0 fully saturated rings. The first-order valence-corrected chi connectivity index (χ1v) is 6.76. The molecule has 0 spiro atoms. The summed E-state index contributed by atoms with van der Waals surface area (Å²) in [6.07, 6.45) is 1.80. The predicted octanol–water partition coefficient (Wildman–Crippen LogP) is 1.16. The van der Waals surface area contributed by atoms with Gasteiger partial charge in [-0.15, -0.1) is 11.3 Å². The summed E-state index contributed by atoms with van der Waals surface area (Å²) in [7, 11) is 0. The summed E-state index contributed by atoms with van der Waals surface area (Å²) in [5.41, 5.74) is 8.03. The molecular weight excluding hydrogens is 262 g/mol. The van der Waals surface area contributed by atoms with Crippen molar-refractivity contribution in [1.29, 1.82) is 0 Å². The van der Waals surface area contributed by atoms with Crippen LogP contribution in [0.2, 0.25) is 0 Å². The number of thiazole rings is 1. The Kier molecular flexibility index (Phi) is 3.84. The molecule has 7 heteroatoms. The van der Waals surface area contributed by atoms with E-state index >= 15 is 0 Å². The number of aromatic nitrogens is 3. The van der Waals surface area contributed by atoms with Crippen molar-refractivity contribution in [2.45, 2.75) is 33.9 Å². The van der Waals surface area contributed by atoms with Gasteiger partial charge in [-0.2, -0.15) is 5.10 Å². The monoisotopic (exact) mass is 279 g/mol. The van der Waals surface area contributed by atoms with Gasteiger partial charge in [0, 0.05) is 11.1 Å². The van der Waals surface area contributed by atoms with E-state index in [0.29, 0.717) is 12.2 Å². The molecule has 2 rings (SSSR count). The van der Waals surface area contributed by atoms with E-state index in [2.05, 4.69) is 15.4 Å². The van der Waals surface area contributed by atoms with Crippen molar-refractivity contribution in [2.24, 2.45) is 0 Å². The lowest BCUT2D eigenvalue weighted by Crippen LogP contribution is -2.27. The van der Waals surface area contributed by atoms with Gasteiger partial charge in [0.15, 0.2) is 0 Å². The van der Waals surface area contributed by atoms with Gasteiger partial charge in [0.1, 0.15) is 11.6 Å². The van der Waals surface area contributed by atoms with Crippen LogP contribution in [0.3, 0.4) is 0 Å². The molecule has 0 radical (unpaired) electrons. The van der Waals surface area contributed by atoms with Crippen LogP contribution in [0.15, 0.2) is 6.20 Å². The van der Waals surface area contributed by atoms with E-state index < -0.39 is 0 Å². The molecule has 2 heterocycles. The number of amides is 1. The maximum atomic E-state index is 11.8. The van der Waals surface area contributed by atoms with Crippen LogP contribution < -0.4 is 11.1 Å². The minimum Gasteiger partial charge on any atom is -0.396 e. The zero-order valence-electron chi connectivity index (χ0n) is 11.2. The molecule has 2 aromatic heterocycles. The molecule has 0 aromatic carbocycles. The lowest BCUT2D eigenvalue weighted by molar-refractivity contribution is -0.122. The lowest BCUT2D eigenvalue weighted by Gasteiger charge is -2.05. The summed E-state index contributed by atoms with van der Waals surface area (Å²) in [4.78, 5) is 17.2. The zero-order valence-corrected chi connectivity index (χ0v) is 12.0. The number of hydrogen-bond acceptors (Lipinski definition) is 5. The number of nitrogen functional groups attached to an aromatic ring is 1. The van der Waals surface area contributed by atoms with Crippen molar-refractivity contribution in [3.63, 3.8) is 0 Å². The molecule has 102 valence electrons. The number of nitrogens with zero attached hydrogens (tertiary/aromatic N) is 3. The van der Waals surface area contributed by atoms with E-state index in [1.54, 1.807) is 22.2 Å². The smallest absolute Gasteiger partial charge is 0.242 e. The summed E-state index contributed by atoms with van der Waals surface area (Å²) in [5, 5.41) is 7.95. The Labute approximate surface area is 115 Å². The molecule has 0 saturated heterocycles.